The minimum absolute atomic E-state index is 0.0754. The van der Waals surface area contributed by atoms with Crippen LogP contribution in [0.5, 0.6) is 17.2 Å². The van der Waals surface area contributed by atoms with Crippen LogP contribution < -0.4 is 9.47 Å². The van der Waals surface area contributed by atoms with Gasteiger partial charge >= 0.3 is 0 Å². The Labute approximate surface area is 217 Å². The molecule has 5 aliphatic rings. The quantitative estimate of drug-likeness (QED) is 0.448. The molecule has 2 bridgehead atoms. The lowest BCUT2D eigenvalue weighted by molar-refractivity contribution is -0.285. The Kier molecular flexibility index (Phi) is 4.85. The number of ketones is 1. The van der Waals surface area contributed by atoms with E-state index >= 15 is 0 Å². The van der Waals surface area contributed by atoms with Crippen molar-refractivity contribution in [3.63, 3.8) is 0 Å². The van der Waals surface area contributed by atoms with Gasteiger partial charge in [0.15, 0.2) is 11.9 Å². The molecule has 5 atom stereocenters. The molecule has 36 heavy (non-hydrogen) atoms. The third kappa shape index (κ3) is 2.38. The van der Waals surface area contributed by atoms with Crippen LogP contribution in [0.1, 0.15) is 46.0 Å². The molecule has 0 unspecified atom stereocenters. The number of benzene rings is 2. The summed E-state index contributed by atoms with van der Waals surface area (Å²) >= 11 is 3.29. The van der Waals surface area contributed by atoms with E-state index in [-0.39, 0.29) is 16.1 Å². The van der Waals surface area contributed by atoms with Crippen molar-refractivity contribution in [2.24, 2.45) is 0 Å². The van der Waals surface area contributed by atoms with Crippen molar-refractivity contribution < 1.29 is 38.3 Å². The normalized spacial score (nSPS) is 35.3. The van der Waals surface area contributed by atoms with Crippen LogP contribution in [-0.2, 0) is 25.4 Å². The smallest absolute Gasteiger partial charge is 0.276 e. The van der Waals surface area contributed by atoms with Crippen LogP contribution in [0.4, 0.5) is 0 Å². The Morgan fingerprint density at radius 3 is 2.58 bits per heavy atom. The average molecular weight is 533 g/mol. The second-order valence-electron chi connectivity index (χ2n) is 10.0. The maximum Gasteiger partial charge on any atom is 0.276 e. The maximum absolute atomic E-state index is 13.0. The highest BCUT2D eigenvalue weighted by Crippen LogP contribution is 2.73. The van der Waals surface area contributed by atoms with Gasteiger partial charge in [-0.1, -0.05) is 0 Å². The molecule has 7 rings (SSSR count). The zero-order valence-electron chi connectivity index (χ0n) is 20.8. The van der Waals surface area contributed by atoms with Crippen LogP contribution >= 0.6 is 23.5 Å². The van der Waals surface area contributed by atoms with Crippen LogP contribution in [0.3, 0.4) is 0 Å². The minimum atomic E-state index is -1.27. The predicted molar refractivity (Wildman–Crippen MR) is 135 cm³/mol. The van der Waals surface area contributed by atoms with Crippen LogP contribution in [0, 0.1) is 6.92 Å². The second kappa shape index (κ2) is 7.45. The molecule has 0 radical (unpaired) electrons. The number of aryl methyl sites for hydroxylation is 1. The first-order valence-electron chi connectivity index (χ1n) is 12.1. The number of rotatable bonds is 5. The summed E-state index contributed by atoms with van der Waals surface area (Å²) in [6, 6.07) is 1.99. The first-order valence-corrected chi connectivity index (χ1v) is 14.6. The Balaban J connectivity index is 1.54. The molecule has 4 heterocycles. The van der Waals surface area contributed by atoms with Crippen molar-refractivity contribution in [3.05, 3.63) is 28.3 Å². The molecule has 1 spiro atoms. The fraction of sp³-hybridized carbons (Fsp3) is 0.577. The van der Waals surface area contributed by atoms with Gasteiger partial charge in [-0.2, -0.15) is 0 Å². The van der Waals surface area contributed by atoms with Crippen molar-refractivity contribution in [2.45, 2.75) is 60.2 Å². The number of methoxy groups -OCH3 is 2. The third-order valence-electron chi connectivity index (χ3n) is 8.53. The van der Waals surface area contributed by atoms with Gasteiger partial charge in [0, 0.05) is 30.0 Å². The highest BCUT2D eigenvalue weighted by Gasteiger charge is 2.92. The summed E-state index contributed by atoms with van der Waals surface area (Å²) in [7, 11) is 3.19. The standard InChI is InChI=1S/C26H28O8S2/c1-11-9-13-17(18(28)16-12(19(13)29-2)7-6-8-14(16)27)20-15(11)21-22-25(30-3,32-20)24(10-31-24)26(33-21,34-22)23(35-4)36-5/h9,21-23,28H,6-8,10H2,1-5H3/t21-,22-,24-,25+,26-/m0/s1. The summed E-state index contributed by atoms with van der Waals surface area (Å²) in [5, 5.41) is 12.7. The lowest BCUT2D eigenvalue weighted by Crippen LogP contribution is -2.69. The number of phenols is 1. The van der Waals surface area contributed by atoms with E-state index in [1.165, 1.54) is 0 Å². The highest BCUT2D eigenvalue weighted by molar-refractivity contribution is 8.16. The topological polar surface area (TPSA) is 96.0 Å². The van der Waals surface area contributed by atoms with Gasteiger partial charge in [-0.15, -0.1) is 23.5 Å². The van der Waals surface area contributed by atoms with Crippen molar-refractivity contribution in [3.8, 4) is 17.2 Å². The lowest BCUT2D eigenvalue weighted by Gasteiger charge is -2.49. The van der Waals surface area contributed by atoms with Gasteiger partial charge in [-0.25, -0.2) is 0 Å². The van der Waals surface area contributed by atoms with Crippen LogP contribution in [0.25, 0.3) is 10.8 Å². The van der Waals surface area contributed by atoms with E-state index in [0.29, 0.717) is 47.3 Å². The van der Waals surface area contributed by atoms with Gasteiger partial charge in [0.25, 0.3) is 5.79 Å². The number of epoxide rings is 1. The van der Waals surface area contributed by atoms with Gasteiger partial charge in [-0.3, -0.25) is 4.79 Å². The number of fused-ring (bicyclic) bond motifs is 8. The van der Waals surface area contributed by atoms with E-state index in [4.69, 9.17) is 28.4 Å². The zero-order valence-corrected chi connectivity index (χ0v) is 22.4. The zero-order chi connectivity index (χ0) is 25.2. The Bertz CT molecular complexity index is 1340. The molecule has 2 aromatic rings. The first-order chi connectivity index (χ1) is 17.3. The minimum Gasteiger partial charge on any atom is -0.506 e. The van der Waals surface area contributed by atoms with Crippen molar-refractivity contribution in [2.75, 3.05) is 33.3 Å². The van der Waals surface area contributed by atoms with Gasteiger partial charge in [0.1, 0.15) is 27.9 Å². The van der Waals surface area contributed by atoms with Crippen LogP contribution in [0.2, 0.25) is 0 Å². The van der Waals surface area contributed by atoms with Gasteiger partial charge < -0.3 is 33.5 Å². The molecule has 0 saturated carbocycles. The number of aromatic hydroxyl groups is 1. The molecule has 3 saturated heterocycles. The number of thioether (sulfide) groups is 2. The monoisotopic (exact) mass is 532 g/mol. The molecular formula is C26H28O8S2. The van der Waals surface area contributed by atoms with E-state index in [1.54, 1.807) is 37.7 Å². The summed E-state index contributed by atoms with van der Waals surface area (Å²) in [6.45, 7) is 2.36. The summed E-state index contributed by atoms with van der Waals surface area (Å²) in [4.78, 5) is 13.0. The number of Topliss-reactive ketones (excluding diaryl/α,β-unsaturated/α-hetero) is 1. The molecular weight excluding hydrogens is 504 g/mol. The van der Waals surface area contributed by atoms with Crippen molar-refractivity contribution >= 4 is 40.1 Å². The maximum atomic E-state index is 13.0. The largest absolute Gasteiger partial charge is 0.506 e. The molecule has 192 valence electrons. The Morgan fingerprint density at radius 1 is 1.19 bits per heavy atom. The summed E-state index contributed by atoms with van der Waals surface area (Å²) in [6.07, 6.45) is 4.78. The molecule has 3 fully saturated rings. The Hall–Kier alpha value is -1.69. The second-order valence-corrected chi connectivity index (χ2v) is 12.2. The van der Waals surface area contributed by atoms with Gasteiger partial charge in [0.2, 0.25) is 11.4 Å². The molecule has 10 heteroatoms. The van der Waals surface area contributed by atoms with Gasteiger partial charge in [0.05, 0.1) is 24.7 Å². The van der Waals surface area contributed by atoms with E-state index in [9.17, 15) is 9.90 Å². The molecule has 8 nitrogen and oxygen atoms in total. The molecule has 1 aliphatic carbocycles. The lowest BCUT2D eigenvalue weighted by atomic mass is 9.78. The highest BCUT2D eigenvalue weighted by atomic mass is 32.2. The van der Waals surface area contributed by atoms with Crippen molar-refractivity contribution in [1.82, 2.24) is 0 Å². The van der Waals surface area contributed by atoms with Crippen LogP contribution in [-0.4, -0.2) is 72.1 Å². The molecule has 1 N–H and O–H groups in total. The fourth-order valence-electron chi connectivity index (χ4n) is 7.02. The van der Waals surface area contributed by atoms with Crippen LogP contribution in [0.15, 0.2) is 6.07 Å². The van der Waals surface area contributed by atoms with E-state index in [1.807, 2.05) is 25.5 Å². The first kappa shape index (κ1) is 23.4. The predicted octanol–water partition coefficient (Wildman–Crippen LogP) is 4.10. The molecule has 2 aromatic carbocycles. The number of ether oxygens (including phenoxy) is 6. The molecule has 0 amide bonds. The van der Waals surface area contributed by atoms with E-state index in [0.717, 1.165) is 23.1 Å². The summed E-state index contributed by atoms with van der Waals surface area (Å²) in [5.74, 6) is -1.46. The number of phenolic OH excluding ortho intramolecular Hbond substituents is 1. The number of hydrogen-bond acceptors (Lipinski definition) is 10. The number of hydrogen-bond donors (Lipinski definition) is 1. The average Bonchev–Trinajstić information content (AvgIpc) is 3.53. The Morgan fingerprint density at radius 2 is 1.94 bits per heavy atom. The van der Waals surface area contributed by atoms with E-state index < -0.39 is 29.4 Å². The molecule has 0 aromatic heterocycles. The fourth-order valence-corrected chi connectivity index (χ4v) is 9.01. The third-order valence-corrected chi connectivity index (χ3v) is 11.2. The SMILES string of the molecule is COc1c2c(c(O)c3c4c(c(C)cc13)[C@@H]1O[C@@]3(C(SC)SC)O[C@@H]1[C@@](OC)(O4)[C@@]31CO1)C(=O)CCC2. The summed E-state index contributed by atoms with van der Waals surface area (Å²) < 4.78 is 38.4. The van der Waals surface area contributed by atoms with Crippen molar-refractivity contribution in [1.29, 1.82) is 0 Å². The number of carbonyl (C=O) groups excluding carboxylic acids is 1. The van der Waals surface area contributed by atoms with Gasteiger partial charge in [-0.05, 0) is 43.9 Å². The summed E-state index contributed by atoms with van der Waals surface area (Å²) in [5.41, 5.74) is 1.83. The molecule has 4 aliphatic heterocycles. The number of carbonyl (C=O) groups is 1. The van der Waals surface area contributed by atoms with E-state index in [2.05, 4.69) is 0 Å².